The SMILES string of the molecule is CC(=O)O[C@@H]1C[C@@H]2CC(N=[N+]=[N-])CC[C@]2(C)[C@H]2CC[C@]3(C)[C@@H]([C@H](C)CCC(=O)NC4CC4)CC[C@H]3[C@H]12. The predicted molar refractivity (Wildman–Crippen MR) is 139 cm³/mol. The van der Waals surface area contributed by atoms with E-state index in [1.54, 1.807) is 6.92 Å². The molecule has 0 saturated heterocycles. The van der Waals surface area contributed by atoms with Gasteiger partial charge in [0.15, 0.2) is 0 Å². The van der Waals surface area contributed by atoms with Crippen molar-refractivity contribution in [2.75, 3.05) is 0 Å². The Bertz CT molecular complexity index is 914. The van der Waals surface area contributed by atoms with E-state index in [9.17, 15) is 9.59 Å². The van der Waals surface area contributed by atoms with Crippen LogP contribution in [0.1, 0.15) is 105 Å². The van der Waals surface area contributed by atoms with E-state index in [2.05, 4.69) is 36.1 Å². The summed E-state index contributed by atoms with van der Waals surface area (Å²) >= 11 is 0. The van der Waals surface area contributed by atoms with E-state index < -0.39 is 0 Å². The molecule has 0 radical (unpaired) electrons. The van der Waals surface area contributed by atoms with E-state index in [0.29, 0.717) is 48.0 Å². The van der Waals surface area contributed by atoms with E-state index in [1.807, 2.05) is 0 Å². The molecule has 0 spiro atoms. The van der Waals surface area contributed by atoms with Crippen molar-refractivity contribution in [2.24, 2.45) is 51.5 Å². The zero-order chi connectivity index (χ0) is 25.7. The fourth-order valence-electron chi connectivity index (χ4n) is 9.75. The molecule has 0 aromatic carbocycles. The number of rotatable bonds is 7. The van der Waals surface area contributed by atoms with E-state index >= 15 is 0 Å². The second-order valence-electron chi connectivity index (χ2n) is 13.6. The number of amides is 1. The molecule has 5 aliphatic carbocycles. The third kappa shape index (κ3) is 4.66. The van der Waals surface area contributed by atoms with E-state index in [-0.39, 0.29) is 34.9 Å². The normalized spacial score (nSPS) is 44.3. The maximum atomic E-state index is 12.4. The summed E-state index contributed by atoms with van der Waals surface area (Å²) in [6, 6.07) is 0.512. The molecule has 7 heteroatoms. The Balaban J connectivity index is 1.34. The van der Waals surface area contributed by atoms with Gasteiger partial charge in [0.05, 0.1) is 0 Å². The molecule has 0 bridgehead atoms. The zero-order valence-corrected chi connectivity index (χ0v) is 22.7. The molecule has 1 amide bonds. The van der Waals surface area contributed by atoms with E-state index in [0.717, 1.165) is 44.9 Å². The molecule has 1 unspecified atom stereocenters. The van der Waals surface area contributed by atoms with Crippen LogP contribution in [-0.4, -0.2) is 30.1 Å². The first-order valence-electron chi connectivity index (χ1n) is 14.7. The molecule has 200 valence electrons. The standard InChI is InChI=1S/C29H46N4O3/c1-17(5-10-26(35)31-20-6-7-20)22-8-9-23-27-24(12-14-29(22,23)4)28(3)13-11-21(32-33-30)15-19(28)16-25(27)36-18(2)34/h17,19-25,27H,5-16H2,1-4H3,(H,31,35)/t17-,19+,21?,22-,23+,24+,25-,27+,28+,29-/m1/s1. The van der Waals surface area contributed by atoms with Crippen LogP contribution in [0.4, 0.5) is 0 Å². The average molecular weight is 499 g/mol. The minimum Gasteiger partial charge on any atom is -0.462 e. The lowest BCUT2D eigenvalue weighted by Crippen LogP contribution is -2.59. The van der Waals surface area contributed by atoms with Crippen molar-refractivity contribution >= 4 is 11.9 Å². The first-order valence-corrected chi connectivity index (χ1v) is 14.7. The molecule has 5 rings (SSSR count). The van der Waals surface area contributed by atoms with Gasteiger partial charge < -0.3 is 10.1 Å². The highest BCUT2D eigenvalue weighted by molar-refractivity contribution is 5.76. The first kappa shape index (κ1) is 25.9. The molecular weight excluding hydrogens is 452 g/mol. The van der Waals surface area contributed by atoms with Gasteiger partial charge in [-0.1, -0.05) is 25.9 Å². The smallest absolute Gasteiger partial charge is 0.302 e. The van der Waals surface area contributed by atoms with Crippen LogP contribution in [-0.2, 0) is 14.3 Å². The number of esters is 1. The van der Waals surface area contributed by atoms with Gasteiger partial charge in [-0.05, 0) is 117 Å². The van der Waals surface area contributed by atoms with Crippen LogP contribution in [0.25, 0.3) is 10.4 Å². The van der Waals surface area contributed by atoms with Gasteiger partial charge in [-0.25, -0.2) is 0 Å². The summed E-state index contributed by atoms with van der Waals surface area (Å²) in [7, 11) is 0. The summed E-state index contributed by atoms with van der Waals surface area (Å²) < 4.78 is 6.13. The number of hydrogen-bond acceptors (Lipinski definition) is 4. The van der Waals surface area contributed by atoms with Crippen molar-refractivity contribution in [1.82, 2.24) is 5.32 Å². The highest BCUT2D eigenvalue weighted by atomic mass is 16.5. The van der Waals surface area contributed by atoms with Gasteiger partial charge in [0.25, 0.3) is 0 Å². The largest absolute Gasteiger partial charge is 0.462 e. The highest BCUT2D eigenvalue weighted by Gasteiger charge is 2.63. The maximum absolute atomic E-state index is 12.4. The Kier molecular flexibility index (Phi) is 7.08. The molecule has 0 aliphatic heterocycles. The number of fused-ring (bicyclic) bond motifs is 5. The fourth-order valence-corrected chi connectivity index (χ4v) is 9.75. The van der Waals surface area contributed by atoms with Crippen LogP contribution in [0.3, 0.4) is 0 Å². The van der Waals surface area contributed by atoms with Gasteiger partial charge in [-0.2, -0.15) is 0 Å². The molecule has 1 N–H and O–H groups in total. The van der Waals surface area contributed by atoms with Crippen molar-refractivity contribution < 1.29 is 14.3 Å². The van der Waals surface area contributed by atoms with Crippen LogP contribution >= 0.6 is 0 Å². The zero-order valence-electron chi connectivity index (χ0n) is 22.7. The van der Waals surface area contributed by atoms with E-state index in [1.165, 1.54) is 25.7 Å². The second-order valence-corrected chi connectivity index (χ2v) is 13.6. The van der Waals surface area contributed by atoms with Gasteiger partial charge >= 0.3 is 5.97 Å². The van der Waals surface area contributed by atoms with Gasteiger partial charge in [0, 0.05) is 36.3 Å². The Labute approximate surface area is 216 Å². The number of nitrogens with one attached hydrogen (secondary N) is 1. The van der Waals surface area contributed by atoms with Crippen LogP contribution in [0.2, 0.25) is 0 Å². The monoisotopic (exact) mass is 498 g/mol. The van der Waals surface area contributed by atoms with Crippen molar-refractivity contribution in [1.29, 1.82) is 0 Å². The summed E-state index contributed by atoms with van der Waals surface area (Å²) in [5.74, 6) is 3.20. The average Bonchev–Trinajstić information content (AvgIpc) is 3.56. The highest BCUT2D eigenvalue weighted by Crippen LogP contribution is 2.68. The number of carbonyl (C=O) groups excluding carboxylic acids is 2. The summed E-state index contributed by atoms with van der Waals surface area (Å²) in [4.78, 5) is 27.7. The summed E-state index contributed by atoms with van der Waals surface area (Å²) in [6.45, 7) is 8.93. The lowest BCUT2D eigenvalue weighted by Gasteiger charge is -2.62. The van der Waals surface area contributed by atoms with Crippen molar-refractivity contribution in [3.63, 3.8) is 0 Å². The molecule has 10 atom stereocenters. The Morgan fingerprint density at radius 2 is 1.78 bits per heavy atom. The Hall–Kier alpha value is -1.75. The lowest BCUT2D eigenvalue weighted by molar-refractivity contribution is -0.189. The summed E-state index contributed by atoms with van der Waals surface area (Å²) in [6.07, 6.45) is 12.6. The molecule has 7 nitrogen and oxygen atoms in total. The molecule has 0 aromatic rings. The summed E-state index contributed by atoms with van der Waals surface area (Å²) in [5.41, 5.74) is 9.49. The molecule has 0 heterocycles. The van der Waals surface area contributed by atoms with Gasteiger partial charge in [-0.3, -0.25) is 9.59 Å². The number of ether oxygens (including phenoxy) is 1. The molecule has 0 aromatic heterocycles. The molecule has 36 heavy (non-hydrogen) atoms. The minimum atomic E-state index is -0.165. The topological polar surface area (TPSA) is 104 Å². The van der Waals surface area contributed by atoms with Crippen molar-refractivity contribution in [3.05, 3.63) is 10.4 Å². The van der Waals surface area contributed by atoms with Crippen LogP contribution in [0.5, 0.6) is 0 Å². The quantitative estimate of drug-likeness (QED) is 0.186. The van der Waals surface area contributed by atoms with Gasteiger partial charge in [-0.15, -0.1) is 0 Å². The number of nitrogens with zero attached hydrogens (tertiary/aromatic N) is 3. The lowest BCUT2D eigenvalue weighted by atomic mass is 9.43. The number of hydrogen-bond donors (Lipinski definition) is 1. The van der Waals surface area contributed by atoms with Crippen molar-refractivity contribution in [2.45, 2.75) is 123 Å². The molecular formula is C29H46N4O3. The second kappa shape index (κ2) is 9.85. The van der Waals surface area contributed by atoms with Crippen LogP contribution in [0, 0.1) is 46.3 Å². The molecule has 5 saturated carbocycles. The first-order chi connectivity index (χ1) is 17.2. The van der Waals surface area contributed by atoms with E-state index in [4.69, 9.17) is 10.3 Å². The van der Waals surface area contributed by atoms with Gasteiger partial charge in [0.2, 0.25) is 5.91 Å². The van der Waals surface area contributed by atoms with Gasteiger partial charge in [0.1, 0.15) is 6.10 Å². The predicted octanol–water partition coefficient (Wildman–Crippen LogP) is 6.56. The number of azide groups is 1. The number of carbonyl (C=O) groups is 2. The van der Waals surface area contributed by atoms with Crippen LogP contribution < -0.4 is 5.32 Å². The Morgan fingerprint density at radius 1 is 1.06 bits per heavy atom. The third-order valence-electron chi connectivity index (χ3n) is 11.7. The maximum Gasteiger partial charge on any atom is 0.302 e. The summed E-state index contributed by atoms with van der Waals surface area (Å²) in [5, 5.41) is 7.24. The Morgan fingerprint density at radius 3 is 2.47 bits per heavy atom. The third-order valence-corrected chi connectivity index (χ3v) is 11.7. The van der Waals surface area contributed by atoms with Crippen LogP contribution in [0.15, 0.2) is 5.11 Å². The molecule has 5 fully saturated rings. The van der Waals surface area contributed by atoms with Crippen molar-refractivity contribution in [3.8, 4) is 0 Å². The molecule has 5 aliphatic rings. The fraction of sp³-hybridized carbons (Fsp3) is 0.931. The minimum absolute atomic E-state index is 0.0293.